The number of benzene rings is 1. The zero-order chi connectivity index (χ0) is 14.4. The average molecular weight is 285 g/mol. The Bertz CT molecular complexity index is 437. The molecule has 0 spiro atoms. The van der Waals surface area contributed by atoms with Crippen molar-refractivity contribution in [1.82, 2.24) is 10.6 Å². The molecule has 1 aromatic carbocycles. The van der Waals surface area contributed by atoms with Crippen LogP contribution in [0.3, 0.4) is 0 Å². The van der Waals surface area contributed by atoms with Crippen molar-refractivity contribution in [3.63, 3.8) is 0 Å². The molecule has 1 rings (SSSR count). The van der Waals surface area contributed by atoms with Crippen LogP contribution in [-0.4, -0.2) is 31.6 Å². The molecule has 0 aliphatic rings. The van der Waals surface area contributed by atoms with Gasteiger partial charge in [-0.05, 0) is 51.6 Å². The fourth-order valence-corrected chi connectivity index (χ4v) is 1.72. The molecule has 2 N–H and O–H groups in total. The molecule has 106 valence electrons. The molecule has 19 heavy (non-hydrogen) atoms. The first kappa shape index (κ1) is 15.8. The van der Waals surface area contributed by atoms with Gasteiger partial charge in [0.1, 0.15) is 5.75 Å². The van der Waals surface area contributed by atoms with Crippen molar-refractivity contribution in [2.24, 2.45) is 0 Å². The van der Waals surface area contributed by atoms with Crippen molar-refractivity contribution < 1.29 is 9.53 Å². The highest BCUT2D eigenvalue weighted by Gasteiger charge is 2.15. The van der Waals surface area contributed by atoms with Crippen LogP contribution < -0.4 is 15.4 Å². The van der Waals surface area contributed by atoms with E-state index in [1.807, 2.05) is 27.0 Å². The van der Waals surface area contributed by atoms with Gasteiger partial charge >= 0.3 is 0 Å². The zero-order valence-electron chi connectivity index (χ0n) is 11.8. The summed E-state index contributed by atoms with van der Waals surface area (Å²) in [6, 6.07) is 5.56. The fraction of sp³-hybridized carbons (Fsp3) is 0.500. The minimum atomic E-state index is -0.538. The van der Waals surface area contributed by atoms with Crippen LogP contribution in [0.5, 0.6) is 5.75 Å². The van der Waals surface area contributed by atoms with E-state index in [-0.39, 0.29) is 11.9 Å². The predicted molar refractivity (Wildman–Crippen MR) is 77.8 cm³/mol. The average Bonchev–Trinajstić information content (AvgIpc) is 2.38. The maximum atomic E-state index is 11.9. The molecule has 0 heterocycles. The Morgan fingerprint density at radius 1 is 1.42 bits per heavy atom. The number of hydrogen-bond donors (Lipinski definition) is 2. The van der Waals surface area contributed by atoms with Gasteiger partial charge < -0.3 is 15.4 Å². The summed E-state index contributed by atoms with van der Waals surface area (Å²) in [6.45, 7) is 6.19. The van der Waals surface area contributed by atoms with E-state index < -0.39 is 6.10 Å². The van der Waals surface area contributed by atoms with E-state index in [4.69, 9.17) is 16.3 Å². The molecule has 0 saturated heterocycles. The summed E-state index contributed by atoms with van der Waals surface area (Å²) in [5, 5.41) is 6.54. The molecular weight excluding hydrogens is 264 g/mol. The molecule has 0 aromatic heterocycles. The summed E-state index contributed by atoms with van der Waals surface area (Å²) in [6.07, 6.45) is -0.538. The number of nitrogens with one attached hydrogen (secondary N) is 2. The van der Waals surface area contributed by atoms with Gasteiger partial charge in [-0.2, -0.15) is 0 Å². The number of carbonyl (C=O) groups excluding carboxylic acids is 1. The van der Waals surface area contributed by atoms with Crippen LogP contribution in [0.2, 0.25) is 5.02 Å². The highest BCUT2D eigenvalue weighted by atomic mass is 35.5. The van der Waals surface area contributed by atoms with E-state index in [1.165, 1.54) is 0 Å². The van der Waals surface area contributed by atoms with E-state index in [2.05, 4.69) is 10.6 Å². The fourth-order valence-electron chi connectivity index (χ4n) is 1.49. The van der Waals surface area contributed by atoms with Crippen LogP contribution in [0, 0.1) is 6.92 Å². The van der Waals surface area contributed by atoms with Crippen molar-refractivity contribution in [3.05, 3.63) is 28.8 Å². The lowest BCUT2D eigenvalue weighted by Crippen LogP contribution is -2.42. The van der Waals surface area contributed by atoms with Crippen molar-refractivity contribution in [2.75, 3.05) is 13.6 Å². The van der Waals surface area contributed by atoms with Crippen LogP contribution in [0.25, 0.3) is 0 Å². The third kappa shape index (κ3) is 5.09. The maximum Gasteiger partial charge on any atom is 0.260 e. The van der Waals surface area contributed by atoms with E-state index in [0.29, 0.717) is 17.3 Å². The minimum Gasteiger partial charge on any atom is -0.481 e. The summed E-state index contributed by atoms with van der Waals surface area (Å²) >= 11 is 5.87. The summed E-state index contributed by atoms with van der Waals surface area (Å²) in [5.41, 5.74) is 0.913. The van der Waals surface area contributed by atoms with E-state index in [9.17, 15) is 4.79 Å². The highest BCUT2D eigenvalue weighted by Crippen LogP contribution is 2.22. The molecule has 0 aliphatic heterocycles. The van der Waals surface area contributed by atoms with E-state index in [0.717, 1.165) is 5.56 Å². The number of rotatable bonds is 6. The first-order chi connectivity index (χ1) is 8.93. The molecule has 0 aliphatic carbocycles. The van der Waals surface area contributed by atoms with Gasteiger partial charge in [0.15, 0.2) is 6.10 Å². The SMILES string of the molecule is CNC(C)CNC(=O)C(C)Oc1ccc(Cl)cc1C. The molecule has 1 amide bonds. The maximum absolute atomic E-state index is 11.9. The number of hydrogen-bond acceptors (Lipinski definition) is 3. The van der Waals surface area contributed by atoms with E-state index in [1.54, 1.807) is 19.1 Å². The Morgan fingerprint density at radius 2 is 2.11 bits per heavy atom. The second-order valence-electron chi connectivity index (χ2n) is 4.60. The van der Waals surface area contributed by atoms with Crippen molar-refractivity contribution in [3.8, 4) is 5.75 Å². The molecule has 4 nitrogen and oxygen atoms in total. The van der Waals surface area contributed by atoms with Gasteiger partial charge in [0, 0.05) is 17.6 Å². The van der Waals surface area contributed by atoms with Crippen LogP contribution in [0.4, 0.5) is 0 Å². The summed E-state index contributed by atoms with van der Waals surface area (Å²) in [4.78, 5) is 11.9. The predicted octanol–water partition coefficient (Wildman–Crippen LogP) is 2.14. The van der Waals surface area contributed by atoms with Gasteiger partial charge in [-0.15, -0.1) is 0 Å². The van der Waals surface area contributed by atoms with Gasteiger partial charge in [-0.25, -0.2) is 0 Å². The lowest BCUT2D eigenvalue weighted by atomic mass is 10.2. The molecule has 5 heteroatoms. The second kappa shape index (κ2) is 7.36. The summed E-state index contributed by atoms with van der Waals surface area (Å²) < 4.78 is 5.64. The molecule has 2 unspecified atom stereocenters. The Morgan fingerprint density at radius 3 is 2.68 bits per heavy atom. The van der Waals surface area contributed by atoms with Crippen LogP contribution in [0.15, 0.2) is 18.2 Å². The largest absolute Gasteiger partial charge is 0.481 e. The summed E-state index contributed by atoms with van der Waals surface area (Å²) in [5.74, 6) is 0.546. The van der Waals surface area contributed by atoms with Crippen molar-refractivity contribution in [1.29, 1.82) is 0 Å². The normalized spacial score (nSPS) is 13.7. The minimum absolute atomic E-state index is 0.128. The molecule has 0 radical (unpaired) electrons. The number of carbonyl (C=O) groups is 1. The standard InChI is InChI=1S/C14H21ClN2O2/c1-9-7-12(15)5-6-13(9)19-11(3)14(18)17-8-10(2)16-4/h5-7,10-11,16H,8H2,1-4H3,(H,17,18). The topological polar surface area (TPSA) is 50.4 Å². The number of amides is 1. The Balaban J connectivity index is 2.54. The number of halogens is 1. The number of ether oxygens (including phenoxy) is 1. The third-order valence-corrected chi connectivity index (χ3v) is 3.12. The first-order valence-electron chi connectivity index (χ1n) is 6.31. The van der Waals surface area contributed by atoms with Crippen LogP contribution in [-0.2, 0) is 4.79 Å². The molecule has 2 atom stereocenters. The Hall–Kier alpha value is -1.26. The molecule has 0 saturated carbocycles. The van der Waals surface area contributed by atoms with Gasteiger partial charge in [0.2, 0.25) is 0 Å². The van der Waals surface area contributed by atoms with Crippen LogP contribution >= 0.6 is 11.6 Å². The molecule has 1 aromatic rings. The third-order valence-electron chi connectivity index (χ3n) is 2.89. The van der Waals surface area contributed by atoms with Gasteiger partial charge in [-0.3, -0.25) is 4.79 Å². The first-order valence-corrected chi connectivity index (χ1v) is 6.69. The van der Waals surface area contributed by atoms with E-state index >= 15 is 0 Å². The molecular formula is C14H21ClN2O2. The Labute approximate surface area is 119 Å². The molecule has 0 fully saturated rings. The summed E-state index contributed by atoms with van der Waals surface area (Å²) in [7, 11) is 1.85. The van der Waals surface area contributed by atoms with Gasteiger partial charge in [0.05, 0.1) is 0 Å². The number of aryl methyl sites for hydroxylation is 1. The van der Waals surface area contributed by atoms with Crippen molar-refractivity contribution in [2.45, 2.75) is 32.9 Å². The Kier molecular flexibility index (Phi) is 6.12. The lowest BCUT2D eigenvalue weighted by molar-refractivity contribution is -0.127. The van der Waals surface area contributed by atoms with Gasteiger partial charge in [-0.1, -0.05) is 11.6 Å². The number of likely N-dealkylation sites (N-methyl/N-ethyl adjacent to an activating group) is 1. The zero-order valence-corrected chi connectivity index (χ0v) is 12.5. The lowest BCUT2D eigenvalue weighted by Gasteiger charge is -2.18. The second-order valence-corrected chi connectivity index (χ2v) is 5.04. The van der Waals surface area contributed by atoms with Crippen LogP contribution in [0.1, 0.15) is 19.4 Å². The van der Waals surface area contributed by atoms with Gasteiger partial charge in [0.25, 0.3) is 5.91 Å². The van der Waals surface area contributed by atoms with Crippen molar-refractivity contribution >= 4 is 17.5 Å². The molecule has 0 bridgehead atoms. The smallest absolute Gasteiger partial charge is 0.260 e. The monoisotopic (exact) mass is 284 g/mol. The highest BCUT2D eigenvalue weighted by molar-refractivity contribution is 6.30. The quantitative estimate of drug-likeness (QED) is 0.841.